The summed E-state index contributed by atoms with van der Waals surface area (Å²) in [6.45, 7) is 3.97. The normalized spacial score (nSPS) is 25.7. The summed E-state index contributed by atoms with van der Waals surface area (Å²) < 4.78 is 5.73. The van der Waals surface area contributed by atoms with Crippen LogP contribution in [0, 0.1) is 0 Å². The van der Waals surface area contributed by atoms with Gasteiger partial charge in [0.15, 0.2) is 0 Å². The van der Waals surface area contributed by atoms with Gasteiger partial charge in [0, 0.05) is 10.5 Å². The van der Waals surface area contributed by atoms with Gasteiger partial charge in [-0.25, -0.2) is 0 Å². The van der Waals surface area contributed by atoms with Gasteiger partial charge in [0.2, 0.25) is 0 Å². The molecule has 0 saturated carbocycles. The van der Waals surface area contributed by atoms with E-state index in [2.05, 4.69) is 43.0 Å². The van der Waals surface area contributed by atoms with Gasteiger partial charge in [-0.2, -0.15) is 11.8 Å². The van der Waals surface area contributed by atoms with E-state index in [-0.39, 0.29) is 0 Å². The average Bonchev–Trinajstić information content (AvgIpc) is 2.66. The Bertz CT molecular complexity index is 286. The number of benzene rings is 1. The lowest BCUT2D eigenvalue weighted by Crippen LogP contribution is -2.08. The van der Waals surface area contributed by atoms with Gasteiger partial charge in [0.25, 0.3) is 0 Å². The third-order valence-electron chi connectivity index (χ3n) is 2.74. The Balaban J connectivity index is 1.67. The van der Waals surface area contributed by atoms with E-state index in [0.29, 0.717) is 0 Å². The number of hydrogen-bond acceptors (Lipinski definition) is 2. The molecular formula is C13H18OS. The van der Waals surface area contributed by atoms with Gasteiger partial charge in [-0.3, -0.25) is 0 Å². The zero-order valence-electron chi connectivity index (χ0n) is 9.19. The first-order valence-corrected chi connectivity index (χ1v) is 6.56. The highest BCUT2D eigenvalue weighted by Gasteiger charge is 2.21. The minimum atomic E-state index is 0.726. The van der Waals surface area contributed by atoms with Crippen LogP contribution in [-0.2, 0) is 11.3 Å². The van der Waals surface area contributed by atoms with E-state index in [4.69, 9.17) is 4.74 Å². The van der Waals surface area contributed by atoms with Crippen molar-refractivity contribution in [1.29, 1.82) is 0 Å². The Labute approximate surface area is 96.2 Å². The lowest BCUT2D eigenvalue weighted by atomic mass is 10.2. The summed E-state index contributed by atoms with van der Waals surface area (Å²) in [7, 11) is 0. The van der Waals surface area contributed by atoms with Gasteiger partial charge in [0.1, 0.15) is 0 Å². The zero-order valence-corrected chi connectivity index (χ0v) is 10.0. The fourth-order valence-electron chi connectivity index (χ4n) is 1.89. The van der Waals surface area contributed by atoms with E-state index in [1.165, 1.54) is 18.4 Å². The second kappa shape index (κ2) is 5.57. The van der Waals surface area contributed by atoms with Gasteiger partial charge in [-0.1, -0.05) is 37.3 Å². The van der Waals surface area contributed by atoms with E-state index >= 15 is 0 Å². The monoisotopic (exact) mass is 222 g/mol. The van der Waals surface area contributed by atoms with Crippen LogP contribution in [0.15, 0.2) is 30.3 Å². The molecule has 1 heterocycles. The van der Waals surface area contributed by atoms with Crippen molar-refractivity contribution >= 4 is 11.8 Å². The minimum absolute atomic E-state index is 0.726. The fourth-order valence-corrected chi connectivity index (χ4v) is 3.27. The largest absolute Gasteiger partial charge is 0.376 e. The molecule has 1 aliphatic rings. The lowest BCUT2D eigenvalue weighted by Gasteiger charge is -2.10. The molecule has 1 saturated heterocycles. The second-order valence-electron chi connectivity index (χ2n) is 4.15. The Kier molecular flexibility index (Phi) is 4.09. The van der Waals surface area contributed by atoms with Crippen LogP contribution in [-0.4, -0.2) is 17.1 Å². The second-order valence-corrected chi connectivity index (χ2v) is 5.89. The molecule has 0 N–H and O–H groups in total. The maximum absolute atomic E-state index is 5.73. The van der Waals surface area contributed by atoms with Crippen molar-refractivity contribution in [2.24, 2.45) is 0 Å². The highest BCUT2D eigenvalue weighted by molar-refractivity contribution is 8.00. The summed E-state index contributed by atoms with van der Waals surface area (Å²) in [5.41, 5.74) is 1.27. The van der Waals surface area contributed by atoms with E-state index in [1.807, 2.05) is 6.07 Å². The number of ether oxygens (including phenoxy) is 1. The van der Waals surface area contributed by atoms with Crippen molar-refractivity contribution in [3.8, 4) is 0 Å². The molecule has 1 aromatic carbocycles. The van der Waals surface area contributed by atoms with Crippen molar-refractivity contribution in [2.75, 3.05) is 6.61 Å². The fraction of sp³-hybridized carbons (Fsp3) is 0.538. The van der Waals surface area contributed by atoms with Crippen LogP contribution < -0.4 is 0 Å². The van der Waals surface area contributed by atoms with Gasteiger partial charge < -0.3 is 4.74 Å². The summed E-state index contributed by atoms with van der Waals surface area (Å²) in [6.07, 6.45) is 2.67. The molecule has 0 aliphatic carbocycles. The molecule has 0 aromatic heterocycles. The highest BCUT2D eigenvalue weighted by atomic mass is 32.2. The van der Waals surface area contributed by atoms with Crippen LogP contribution in [0.5, 0.6) is 0 Å². The summed E-state index contributed by atoms with van der Waals surface area (Å²) in [5.74, 6) is 0. The maximum Gasteiger partial charge on any atom is 0.0717 e. The quantitative estimate of drug-likeness (QED) is 0.771. The van der Waals surface area contributed by atoms with Crippen LogP contribution >= 0.6 is 11.8 Å². The molecular weight excluding hydrogens is 204 g/mol. The van der Waals surface area contributed by atoms with Crippen molar-refractivity contribution in [1.82, 2.24) is 0 Å². The number of hydrogen-bond donors (Lipinski definition) is 0. The summed E-state index contributed by atoms with van der Waals surface area (Å²) in [5, 5.41) is 1.55. The molecule has 0 amide bonds. The van der Waals surface area contributed by atoms with Gasteiger partial charge in [-0.05, 0) is 18.4 Å². The van der Waals surface area contributed by atoms with Crippen LogP contribution in [0.3, 0.4) is 0 Å². The minimum Gasteiger partial charge on any atom is -0.376 e. The third kappa shape index (κ3) is 3.54. The lowest BCUT2D eigenvalue weighted by molar-refractivity contribution is 0.121. The standard InChI is InChI=1S/C13H18OS/c1-11-7-8-13(15-11)10-14-9-12-5-3-2-4-6-12/h2-6,11,13H,7-10H2,1H3. The number of rotatable bonds is 4. The summed E-state index contributed by atoms with van der Waals surface area (Å²) >= 11 is 2.08. The third-order valence-corrected chi connectivity index (χ3v) is 4.19. The van der Waals surface area contributed by atoms with E-state index < -0.39 is 0 Å². The molecule has 1 aliphatic heterocycles. The first-order chi connectivity index (χ1) is 7.34. The highest BCUT2D eigenvalue weighted by Crippen LogP contribution is 2.33. The molecule has 0 spiro atoms. The van der Waals surface area contributed by atoms with E-state index in [0.717, 1.165) is 23.7 Å². The van der Waals surface area contributed by atoms with E-state index in [9.17, 15) is 0 Å². The van der Waals surface area contributed by atoms with Crippen LogP contribution in [0.4, 0.5) is 0 Å². The van der Waals surface area contributed by atoms with Crippen molar-refractivity contribution in [2.45, 2.75) is 36.9 Å². The van der Waals surface area contributed by atoms with Gasteiger partial charge in [0.05, 0.1) is 13.2 Å². The molecule has 2 heteroatoms. The molecule has 0 bridgehead atoms. The molecule has 1 fully saturated rings. The number of thioether (sulfide) groups is 1. The topological polar surface area (TPSA) is 9.23 Å². The first kappa shape index (κ1) is 11.0. The van der Waals surface area contributed by atoms with Crippen molar-refractivity contribution in [3.05, 3.63) is 35.9 Å². The van der Waals surface area contributed by atoms with Crippen LogP contribution in [0.2, 0.25) is 0 Å². The summed E-state index contributed by atoms with van der Waals surface area (Å²) in [4.78, 5) is 0. The van der Waals surface area contributed by atoms with Crippen LogP contribution in [0.1, 0.15) is 25.3 Å². The maximum atomic E-state index is 5.73. The predicted octanol–water partition coefficient (Wildman–Crippen LogP) is 3.49. The molecule has 0 radical (unpaired) electrons. The summed E-state index contributed by atoms with van der Waals surface area (Å²) in [6, 6.07) is 10.4. The molecule has 2 atom stereocenters. The van der Waals surface area contributed by atoms with Crippen molar-refractivity contribution in [3.63, 3.8) is 0 Å². The Morgan fingerprint density at radius 2 is 2.07 bits per heavy atom. The van der Waals surface area contributed by atoms with E-state index in [1.54, 1.807) is 0 Å². The molecule has 2 rings (SSSR count). The SMILES string of the molecule is CC1CCC(COCc2ccccc2)S1. The average molecular weight is 222 g/mol. The van der Waals surface area contributed by atoms with Gasteiger partial charge in [-0.15, -0.1) is 0 Å². The van der Waals surface area contributed by atoms with Crippen molar-refractivity contribution < 1.29 is 4.74 Å². The molecule has 1 aromatic rings. The Morgan fingerprint density at radius 3 is 2.73 bits per heavy atom. The molecule has 2 unspecified atom stereocenters. The smallest absolute Gasteiger partial charge is 0.0717 e. The van der Waals surface area contributed by atoms with Gasteiger partial charge >= 0.3 is 0 Å². The molecule has 1 nitrogen and oxygen atoms in total. The Morgan fingerprint density at radius 1 is 1.27 bits per heavy atom. The predicted molar refractivity (Wildman–Crippen MR) is 66.2 cm³/mol. The Hall–Kier alpha value is -0.470. The first-order valence-electron chi connectivity index (χ1n) is 5.62. The van der Waals surface area contributed by atoms with Crippen LogP contribution in [0.25, 0.3) is 0 Å². The molecule has 82 valence electrons. The zero-order chi connectivity index (χ0) is 10.5. The molecule has 15 heavy (non-hydrogen) atoms.